The number of carbonyl (C=O) groups excluding carboxylic acids is 1. The van der Waals surface area contributed by atoms with Gasteiger partial charge in [0.05, 0.1) is 20.6 Å². The van der Waals surface area contributed by atoms with Gasteiger partial charge in [-0.3, -0.25) is 4.79 Å². The molecule has 1 aliphatic rings. The van der Waals surface area contributed by atoms with Crippen molar-refractivity contribution in [2.24, 2.45) is 0 Å². The number of benzene rings is 2. The number of nitrogens with one attached hydrogen (secondary N) is 1. The van der Waals surface area contributed by atoms with Crippen LogP contribution in [0.1, 0.15) is 23.2 Å². The molecule has 2 aromatic carbocycles. The number of hydrogen-bond acceptors (Lipinski definition) is 3. The minimum absolute atomic E-state index is 0.143. The van der Waals surface area contributed by atoms with Crippen LogP contribution in [-0.2, 0) is 4.74 Å². The van der Waals surface area contributed by atoms with Crippen LogP contribution < -0.4 is 10.1 Å². The molecule has 2 aromatic rings. The number of amides is 1. The van der Waals surface area contributed by atoms with Crippen LogP contribution in [0.25, 0.3) is 0 Å². The first-order valence-corrected chi connectivity index (χ1v) is 9.38. The van der Waals surface area contributed by atoms with Crippen LogP contribution in [0.3, 0.4) is 0 Å². The minimum atomic E-state index is -0.246. The molecule has 1 heterocycles. The van der Waals surface area contributed by atoms with E-state index in [2.05, 4.69) is 21.2 Å². The summed E-state index contributed by atoms with van der Waals surface area (Å²) >= 11 is 15.3. The second kappa shape index (κ2) is 8.41. The fourth-order valence-corrected chi connectivity index (χ4v) is 3.29. The maximum Gasteiger partial charge on any atom is 0.255 e. The number of carbonyl (C=O) groups is 1. The fraction of sp³-hybridized carbons (Fsp3) is 0.278. The van der Waals surface area contributed by atoms with E-state index >= 15 is 0 Å². The highest BCUT2D eigenvalue weighted by molar-refractivity contribution is 9.10. The van der Waals surface area contributed by atoms with Gasteiger partial charge in [0, 0.05) is 17.9 Å². The number of anilines is 1. The summed E-state index contributed by atoms with van der Waals surface area (Å²) in [5, 5.41) is 3.61. The zero-order chi connectivity index (χ0) is 17.8. The maximum atomic E-state index is 12.4. The monoisotopic (exact) mass is 443 g/mol. The SMILES string of the molecule is O=C(Nc1ccc(Cl)c(Cl)c1)c1ccc(OCC2CCCO2)c(Br)c1. The van der Waals surface area contributed by atoms with E-state index in [0.717, 1.165) is 19.4 Å². The highest BCUT2D eigenvalue weighted by Gasteiger charge is 2.17. The zero-order valence-electron chi connectivity index (χ0n) is 13.2. The Balaban J connectivity index is 1.64. The molecule has 132 valence electrons. The molecule has 1 N–H and O–H groups in total. The Morgan fingerprint density at radius 3 is 2.76 bits per heavy atom. The van der Waals surface area contributed by atoms with E-state index in [-0.39, 0.29) is 12.0 Å². The summed E-state index contributed by atoms with van der Waals surface area (Å²) < 4.78 is 12.0. The lowest BCUT2D eigenvalue weighted by molar-refractivity contribution is 0.0677. The van der Waals surface area contributed by atoms with Crippen molar-refractivity contribution in [2.75, 3.05) is 18.5 Å². The summed E-state index contributed by atoms with van der Waals surface area (Å²) in [4.78, 5) is 12.4. The summed E-state index contributed by atoms with van der Waals surface area (Å²) in [6.45, 7) is 1.30. The lowest BCUT2D eigenvalue weighted by atomic mass is 10.2. The predicted molar refractivity (Wildman–Crippen MR) is 103 cm³/mol. The van der Waals surface area contributed by atoms with E-state index in [1.54, 1.807) is 36.4 Å². The van der Waals surface area contributed by atoms with E-state index < -0.39 is 0 Å². The smallest absolute Gasteiger partial charge is 0.255 e. The molecule has 7 heteroatoms. The standard InChI is InChI=1S/C18H16BrCl2NO3/c19-14-8-11(3-6-17(14)25-10-13-2-1-7-24-13)18(23)22-12-4-5-15(20)16(21)9-12/h3-6,8-9,13H,1-2,7,10H2,(H,22,23). The zero-order valence-corrected chi connectivity index (χ0v) is 16.3. The minimum Gasteiger partial charge on any atom is -0.490 e. The van der Waals surface area contributed by atoms with Crippen LogP contribution in [0.15, 0.2) is 40.9 Å². The van der Waals surface area contributed by atoms with E-state index in [9.17, 15) is 4.79 Å². The van der Waals surface area contributed by atoms with Gasteiger partial charge in [0.25, 0.3) is 5.91 Å². The number of ether oxygens (including phenoxy) is 2. The van der Waals surface area contributed by atoms with Gasteiger partial charge in [-0.05, 0) is 65.2 Å². The second-order valence-corrected chi connectivity index (χ2v) is 7.34. The van der Waals surface area contributed by atoms with Gasteiger partial charge >= 0.3 is 0 Å². The Morgan fingerprint density at radius 1 is 1.24 bits per heavy atom. The molecule has 0 aromatic heterocycles. The molecule has 0 spiro atoms. The van der Waals surface area contributed by atoms with Crippen LogP contribution in [0.2, 0.25) is 10.0 Å². The second-order valence-electron chi connectivity index (χ2n) is 5.67. The number of hydrogen-bond donors (Lipinski definition) is 1. The van der Waals surface area contributed by atoms with Gasteiger partial charge < -0.3 is 14.8 Å². The van der Waals surface area contributed by atoms with Crippen LogP contribution in [0, 0.1) is 0 Å². The molecule has 0 radical (unpaired) electrons. The Labute approximate surface area is 164 Å². The highest BCUT2D eigenvalue weighted by atomic mass is 79.9. The fourth-order valence-electron chi connectivity index (χ4n) is 2.49. The Hall–Kier alpha value is -1.27. The molecule has 4 nitrogen and oxygen atoms in total. The highest BCUT2D eigenvalue weighted by Crippen LogP contribution is 2.28. The largest absolute Gasteiger partial charge is 0.490 e. The molecular weight excluding hydrogens is 429 g/mol. The molecule has 1 amide bonds. The quantitative estimate of drug-likeness (QED) is 0.655. The van der Waals surface area contributed by atoms with Gasteiger partial charge in [-0.25, -0.2) is 0 Å². The van der Waals surface area contributed by atoms with Gasteiger partial charge in [-0.1, -0.05) is 23.2 Å². The molecule has 0 bridgehead atoms. The van der Waals surface area contributed by atoms with Crippen LogP contribution in [0.5, 0.6) is 5.75 Å². The molecule has 25 heavy (non-hydrogen) atoms. The van der Waals surface area contributed by atoms with Gasteiger partial charge in [-0.2, -0.15) is 0 Å². The summed E-state index contributed by atoms with van der Waals surface area (Å²) in [5.41, 5.74) is 1.08. The summed E-state index contributed by atoms with van der Waals surface area (Å²) in [6.07, 6.45) is 2.23. The first kappa shape index (κ1) is 18.5. The van der Waals surface area contributed by atoms with E-state index in [1.807, 2.05) is 0 Å². The first-order valence-electron chi connectivity index (χ1n) is 7.83. The van der Waals surface area contributed by atoms with Crippen molar-refractivity contribution in [3.05, 3.63) is 56.5 Å². The van der Waals surface area contributed by atoms with Crippen molar-refractivity contribution >= 4 is 50.7 Å². The normalized spacial score (nSPS) is 16.7. The summed E-state index contributed by atoms with van der Waals surface area (Å²) in [6, 6.07) is 10.1. The van der Waals surface area contributed by atoms with Crippen molar-refractivity contribution < 1.29 is 14.3 Å². The Bertz CT molecular complexity index is 779. The molecular formula is C18H16BrCl2NO3. The Kier molecular flexibility index (Phi) is 6.23. The third-order valence-electron chi connectivity index (χ3n) is 3.82. The van der Waals surface area contributed by atoms with E-state index in [4.69, 9.17) is 32.7 Å². The van der Waals surface area contributed by atoms with Crippen molar-refractivity contribution in [2.45, 2.75) is 18.9 Å². The van der Waals surface area contributed by atoms with E-state index in [1.165, 1.54) is 0 Å². The van der Waals surface area contributed by atoms with Crippen molar-refractivity contribution in [3.8, 4) is 5.75 Å². The van der Waals surface area contributed by atoms with Crippen molar-refractivity contribution in [3.63, 3.8) is 0 Å². The molecule has 1 aliphatic heterocycles. The van der Waals surface area contributed by atoms with Gasteiger partial charge in [-0.15, -0.1) is 0 Å². The van der Waals surface area contributed by atoms with Gasteiger partial charge in [0.2, 0.25) is 0 Å². The third kappa shape index (κ3) is 4.88. The molecule has 0 saturated carbocycles. The number of rotatable bonds is 5. The average molecular weight is 445 g/mol. The molecule has 1 unspecified atom stereocenters. The van der Waals surface area contributed by atoms with Gasteiger partial charge in [0.15, 0.2) is 0 Å². The average Bonchev–Trinajstić information content (AvgIpc) is 3.10. The maximum absolute atomic E-state index is 12.4. The molecule has 1 atom stereocenters. The summed E-state index contributed by atoms with van der Waals surface area (Å²) in [7, 11) is 0. The van der Waals surface area contributed by atoms with Crippen LogP contribution >= 0.6 is 39.1 Å². The molecule has 3 rings (SSSR count). The van der Waals surface area contributed by atoms with Crippen molar-refractivity contribution in [1.82, 2.24) is 0 Å². The molecule has 1 saturated heterocycles. The lowest BCUT2D eigenvalue weighted by Gasteiger charge is -2.13. The lowest BCUT2D eigenvalue weighted by Crippen LogP contribution is -2.16. The van der Waals surface area contributed by atoms with Crippen LogP contribution in [0.4, 0.5) is 5.69 Å². The topological polar surface area (TPSA) is 47.6 Å². The van der Waals surface area contributed by atoms with Crippen molar-refractivity contribution in [1.29, 1.82) is 0 Å². The van der Waals surface area contributed by atoms with E-state index in [0.29, 0.717) is 38.1 Å². The number of halogens is 3. The van der Waals surface area contributed by atoms with Gasteiger partial charge in [0.1, 0.15) is 12.4 Å². The molecule has 1 fully saturated rings. The third-order valence-corrected chi connectivity index (χ3v) is 5.18. The van der Waals surface area contributed by atoms with Crippen LogP contribution in [-0.4, -0.2) is 25.2 Å². The Morgan fingerprint density at radius 2 is 2.08 bits per heavy atom. The first-order chi connectivity index (χ1) is 12.0. The molecule has 0 aliphatic carbocycles. The summed E-state index contributed by atoms with van der Waals surface area (Å²) in [5.74, 6) is 0.436. The predicted octanol–water partition coefficient (Wildman–Crippen LogP) is 5.57.